The van der Waals surface area contributed by atoms with Gasteiger partial charge >= 0.3 is 0 Å². The molecule has 2 rings (SSSR count). The van der Waals surface area contributed by atoms with Crippen molar-refractivity contribution in [3.8, 4) is 11.5 Å². The fourth-order valence-electron chi connectivity index (χ4n) is 2.35. The molecule has 0 saturated carbocycles. The first-order valence-electron chi connectivity index (χ1n) is 6.78. The zero-order chi connectivity index (χ0) is 14.7. The quantitative estimate of drug-likeness (QED) is 0.786. The van der Waals surface area contributed by atoms with E-state index in [0.29, 0.717) is 5.56 Å². The summed E-state index contributed by atoms with van der Waals surface area (Å²) in [5, 5.41) is 20.1. The molecule has 20 heavy (non-hydrogen) atoms. The zero-order valence-corrected chi connectivity index (χ0v) is 12.1. The molecule has 104 valence electrons. The van der Waals surface area contributed by atoms with Crippen molar-refractivity contribution in [1.29, 1.82) is 0 Å². The van der Waals surface area contributed by atoms with Gasteiger partial charge in [0.1, 0.15) is 11.5 Å². The van der Waals surface area contributed by atoms with Crippen molar-refractivity contribution in [2.45, 2.75) is 26.7 Å². The summed E-state index contributed by atoms with van der Waals surface area (Å²) in [6, 6.07) is 13.4. The third-order valence-corrected chi connectivity index (χ3v) is 3.35. The van der Waals surface area contributed by atoms with Crippen molar-refractivity contribution < 1.29 is 10.2 Å². The second kappa shape index (κ2) is 5.83. The van der Waals surface area contributed by atoms with Crippen LogP contribution < -0.4 is 0 Å². The lowest BCUT2D eigenvalue weighted by molar-refractivity contribution is 0.433. The minimum absolute atomic E-state index is 0.0863. The van der Waals surface area contributed by atoms with Crippen LogP contribution >= 0.6 is 0 Å². The Hall–Kier alpha value is -2.22. The highest BCUT2D eigenvalue weighted by atomic mass is 16.3. The lowest BCUT2D eigenvalue weighted by Crippen LogP contribution is -1.90. The van der Waals surface area contributed by atoms with Crippen LogP contribution in [-0.2, 0) is 0 Å². The summed E-state index contributed by atoms with van der Waals surface area (Å²) in [4.78, 5) is 0. The smallest absolute Gasteiger partial charge is 0.123 e. The molecule has 0 unspecified atom stereocenters. The Bertz CT molecular complexity index is 602. The second-order valence-corrected chi connectivity index (χ2v) is 5.32. The van der Waals surface area contributed by atoms with Gasteiger partial charge in [0.05, 0.1) is 0 Å². The Morgan fingerprint density at radius 2 is 1.55 bits per heavy atom. The molecule has 0 heterocycles. The van der Waals surface area contributed by atoms with Gasteiger partial charge in [0.25, 0.3) is 0 Å². The van der Waals surface area contributed by atoms with Crippen molar-refractivity contribution in [3.05, 3.63) is 59.2 Å². The van der Waals surface area contributed by atoms with E-state index in [-0.39, 0.29) is 17.4 Å². The van der Waals surface area contributed by atoms with Gasteiger partial charge < -0.3 is 10.2 Å². The first-order chi connectivity index (χ1) is 9.49. The van der Waals surface area contributed by atoms with Gasteiger partial charge in [0.15, 0.2) is 0 Å². The molecule has 0 radical (unpaired) electrons. The van der Waals surface area contributed by atoms with Crippen molar-refractivity contribution in [1.82, 2.24) is 0 Å². The van der Waals surface area contributed by atoms with Crippen LogP contribution in [0.4, 0.5) is 0 Å². The topological polar surface area (TPSA) is 40.5 Å². The first kappa shape index (κ1) is 14.2. The summed E-state index contributed by atoms with van der Waals surface area (Å²) in [6.45, 7) is 5.90. The van der Waals surface area contributed by atoms with E-state index in [0.717, 1.165) is 16.7 Å². The van der Waals surface area contributed by atoms with Gasteiger partial charge in [-0.1, -0.05) is 50.3 Å². The van der Waals surface area contributed by atoms with Gasteiger partial charge in [-0.3, -0.25) is 0 Å². The fraction of sp³-hybridized carbons (Fsp3) is 0.222. The molecule has 0 atom stereocenters. The molecule has 2 N–H and O–H groups in total. The maximum absolute atomic E-state index is 10.0. The maximum Gasteiger partial charge on any atom is 0.123 e. The molecule has 0 aromatic heterocycles. The van der Waals surface area contributed by atoms with Gasteiger partial charge in [-0.05, 0) is 41.7 Å². The van der Waals surface area contributed by atoms with E-state index >= 15 is 0 Å². The molecule has 2 nitrogen and oxygen atoms in total. The van der Waals surface area contributed by atoms with Crippen molar-refractivity contribution in [2.75, 3.05) is 0 Å². The molecule has 2 heteroatoms. The lowest BCUT2D eigenvalue weighted by atomic mass is 9.97. The van der Waals surface area contributed by atoms with Crippen molar-refractivity contribution in [2.24, 2.45) is 0 Å². The average molecular weight is 268 g/mol. The van der Waals surface area contributed by atoms with Crippen LogP contribution in [0.3, 0.4) is 0 Å². The molecule has 0 amide bonds. The maximum atomic E-state index is 10.0. The molecular weight excluding hydrogens is 248 g/mol. The third kappa shape index (κ3) is 3.02. The van der Waals surface area contributed by atoms with Gasteiger partial charge in [0, 0.05) is 5.56 Å². The van der Waals surface area contributed by atoms with E-state index in [2.05, 4.69) is 0 Å². The van der Waals surface area contributed by atoms with Gasteiger partial charge in [0.2, 0.25) is 0 Å². The fourth-order valence-corrected chi connectivity index (χ4v) is 2.35. The van der Waals surface area contributed by atoms with Gasteiger partial charge in [-0.2, -0.15) is 0 Å². The first-order valence-corrected chi connectivity index (χ1v) is 6.78. The Labute approximate surface area is 120 Å². The number of phenols is 2. The molecule has 0 fully saturated rings. The molecule has 0 aliphatic heterocycles. The third-order valence-electron chi connectivity index (χ3n) is 3.35. The van der Waals surface area contributed by atoms with Crippen LogP contribution in [0.15, 0.2) is 42.5 Å². The lowest BCUT2D eigenvalue weighted by Gasteiger charge is -2.12. The zero-order valence-electron chi connectivity index (χ0n) is 12.1. The number of hydrogen-bond acceptors (Lipinski definition) is 2. The Morgan fingerprint density at radius 1 is 1.00 bits per heavy atom. The normalized spacial score (nSPS) is 11.9. The number of aromatic hydroxyl groups is 2. The standard InChI is InChI=1S/C18H20O2/c1-12(2)18-16(19)10-14(11-17(18)20)9-13(3)15-7-5-4-6-8-15/h4-12,19-20H,1-3H3/b13-9-. The Balaban J connectivity index is 2.40. The van der Waals surface area contributed by atoms with E-state index in [1.165, 1.54) is 0 Å². The summed E-state index contributed by atoms with van der Waals surface area (Å²) >= 11 is 0. The molecular formula is C18H20O2. The van der Waals surface area contributed by atoms with Crippen LogP contribution in [0, 0.1) is 0 Å². The van der Waals surface area contributed by atoms with Crippen LogP contribution in [0.2, 0.25) is 0 Å². The summed E-state index contributed by atoms with van der Waals surface area (Å²) in [5.74, 6) is 0.377. The van der Waals surface area contributed by atoms with Gasteiger partial charge in [-0.15, -0.1) is 0 Å². The Morgan fingerprint density at radius 3 is 2.05 bits per heavy atom. The molecule has 0 aliphatic rings. The largest absolute Gasteiger partial charge is 0.507 e. The van der Waals surface area contributed by atoms with Crippen LogP contribution in [0.25, 0.3) is 11.6 Å². The van der Waals surface area contributed by atoms with Crippen LogP contribution in [0.1, 0.15) is 43.4 Å². The number of phenolic OH excluding ortho intramolecular Hbond substituents is 2. The molecule has 0 saturated heterocycles. The highest BCUT2D eigenvalue weighted by Crippen LogP contribution is 2.35. The average Bonchev–Trinajstić information content (AvgIpc) is 2.38. The van der Waals surface area contributed by atoms with Crippen molar-refractivity contribution >= 4 is 11.6 Å². The predicted octanol–water partition coefficient (Wildman–Crippen LogP) is 4.78. The summed E-state index contributed by atoms with van der Waals surface area (Å²) in [7, 11) is 0. The van der Waals surface area contributed by atoms with E-state index in [1.54, 1.807) is 12.1 Å². The SMILES string of the molecule is C/C(=C/c1cc(O)c(C(C)C)c(O)c1)c1ccccc1. The number of hydrogen-bond donors (Lipinski definition) is 2. The molecule has 0 bridgehead atoms. The van der Waals surface area contributed by atoms with Crippen LogP contribution in [-0.4, -0.2) is 10.2 Å². The minimum Gasteiger partial charge on any atom is -0.507 e. The molecule has 2 aromatic carbocycles. The Kier molecular flexibility index (Phi) is 4.14. The van der Waals surface area contributed by atoms with E-state index in [4.69, 9.17) is 0 Å². The molecule has 0 spiro atoms. The summed E-state index contributed by atoms with van der Waals surface area (Å²) < 4.78 is 0. The monoisotopic (exact) mass is 268 g/mol. The predicted molar refractivity (Wildman–Crippen MR) is 83.8 cm³/mol. The van der Waals surface area contributed by atoms with Crippen molar-refractivity contribution in [3.63, 3.8) is 0 Å². The minimum atomic E-state index is 0.0863. The van der Waals surface area contributed by atoms with E-state index in [1.807, 2.05) is 57.2 Å². The highest BCUT2D eigenvalue weighted by Gasteiger charge is 2.12. The number of allylic oxidation sites excluding steroid dienone is 1. The van der Waals surface area contributed by atoms with Crippen LogP contribution in [0.5, 0.6) is 11.5 Å². The van der Waals surface area contributed by atoms with E-state index < -0.39 is 0 Å². The highest BCUT2D eigenvalue weighted by molar-refractivity contribution is 5.81. The number of benzene rings is 2. The second-order valence-electron chi connectivity index (χ2n) is 5.32. The molecule has 2 aromatic rings. The molecule has 0 aliphatic carbocycles. The summed E-state index contributed by atoms with van der Waals surface area (Å²) in [6.07, 6.45) is 1.96. The van der Waals surface area contributed by atoms with E-state index in [9.17, 15) is 10.2 Å². The summed E-state index contributed by atoms with van der Waals surface area (Å²) in [5.41, 5.74) is 3.60. The number of rotatable bonds is 3. The van der Waals surface area contributed by atoms with Gasteiger partial charge in [-0.25, -0.2) is 0 Å².